The number of aromatic carboxylic acids is 1. The molecule has 12 amide bonds. The van der Waals surface area contributed by atoms with Crippen molar-refractivity contribution < 1.29 is 92.0 Å². The van der Waals surface area contributed by atoms with Crippen LogP contribution < -0.4 is 107 Å². The quantitative estimate of drug-likeness (QED) is 0.0247. The van der Waals surface area contributed by atoms with Gasteiger partial charge in [-0.15, -0.1) is 0 Å². The number of benzene rings is 7. The van der Waals surface area contributed by atoms with Gasteiger partial charge in [-0.25, -0.2) is 4.79 Å². The number of carboxylic acids is 2. The number of phenols is 1. The van der Waals surface area contributed by atoms with Gasteiger partial charge in [0.15, 0.2) is 5.43 Å². The summed E-state index contributed by atoms with van der Waals surface area (Å²) in [7, 11) is 0. The largest absolute Gasteiger partial charge is 0.508 e. The minimum atomic E-state index is -1.49. The van der Waals surface area contributed by atoms with Crippen LogP contribution in [0.1, 0.15) is 140 Å². The van der Waals surface area contributed by atoms with Crippen molar-refractivity contribution in [2.75, 3.05) is 106 Å². The van der Waals surface area contributed by atoms with Crippen molar-refractivity contribution in [1.82, 2.24) is 46.9 Å². The van der Waals surface area contributed by atoms with Gasteiger partial charge in [0.25, 0.3) is 11.8 Å². The first-order chi connectivity index (χ1) is 63.0. The number of aliphatic carboxylic acids is 1. The molecule has 684 valence electrons. The van der Waals surface area contributed by atoms with E-state index < -0.39 is 151 Å². The van der Waals surface area contributed by atoms with E-state index in [1.165, 1.54) is 103 Å². The molecule has 131 heavy (non-hydrogen) atoms. The topological polar surface area (TPSA) is 656 Å². The summed E-state index contributed by atoms with van der Waals surface area (Å²) in [5, 5.41) is 78.0. The number of hydrogen-bond donors (Lipinski definition) is 21. The van der Waals surface area contributed by atoms with E-state index in [0.717, 1.165) is 0 Å². The summed E-state index contributed by atoms with van der Waals surface area (Å²) >= 11 is 0. The Morgan fingerprint density at radius 2 is 0.977 bits per heavy atom. The molecule has 0 saturated carbocycles. The van der Waals surface area contributed by atoms with Crippen molar-refractivity contribution in [2.24, 2.45) is 34.8 Å². The number of rotatable bonds is 28. The Kier molecular flexibility index (Phi) is 30.0. The van der Waals surface area contributed by atoms with E-state index in [9.17, 15) is 92.3 Å². The number of carboxylic acid groups (broad SMARTS) is 2. The number of nitrogens with one attached hydrogen (secondary N) is 13. The Hall–Kier alpha value is -15.7. The molecule has 1 aromatic heterocycles. The van der Waals surface area contributed by atoms with Gasteiger partial charge in [-0.05, 0) is 197 Å². The summed E-state index contributed by atoms with van der Waals surface area (Å²) in [6.45, 7) is -0.646. The van der Waals surface area contributed by atoms with E-state index in [2.05, 4.69) is 69.1 Å². The third kappa shape index (κ3) is 23.4. The first kappa shape index (κ1) is 92.9. The second kappa shape index (κ2) is 42.3. The van der Waals surface area contributed by atoms with Crippen LogP contribution >= 0.6 is 0 Å². The van der Waals surface area contributed by atoms with E-state index in [0.29, 0.717) is 53.3 Å². The summed E-state index contributed by atoms with van der Waals surface area (Å²) in [4.78, 5) is 221. The smallest absolute Gasteiger partial charge is 0.336 e. The summed E-state index contributed by atoms with van der Waals surface area (Å²) in [6, 6.07) is 24.8. The van der Waals surface area contributed by atoms with Gasteiger partial charge in [0.05, 0.1) is 36.4 Å². The highest BCUT2D eigenvalue weighted by Gasteiger charge is 2.36. The minimum Gasteiger partial charge on any atom is -0.508 e. The Morgan fingerprint density at radius 1 is 0.489 bits per heavy atom. The van der Waals surface area contributed by atoms with Crippen molar-refractivity contribution >= 4 is 151 Å². The number of aromatic nitrogens is 3. The van der Waals surface area contributed by atoms with Gasteiger partial charge in [0.1, 0.15) is 41.3 Å². The second-order valence-electron chi connectivity index (χ2n) is 31.9. The zero-order chi connectivity index (χ0) is 93.3. The molecule has 25 N–H and O–H groups in total. The molecule has 2 saturated heterocycles. The number of hydrogen-bond acceptors (Lipinski definition) is 28. The molecule has 5 aliphatic heterocycles. The standard InChI is InChI=1S/C89H98N22O20/c90-27-3-1-5-64-83(126)106-69(44-112)85(128)105-68-34-48(77(93)120)8-10-50(68)41-95-62-19-12-51(36-60(62)80(123)101-64)98-72(115)42-96-78(121)45-23-29-110(30-24-45)88-107-87(100-53-11-16-56(59(35-53)86(129)130)75-57-17-14-54(113)38-70(57)131-71-39-55(114)15-18-58(71)75)108-89(109-88)111-31-25-46(26-32-111)79(122)97-43-73(116)99-52-13-20-63-61(37-52)81(124)102-66(21-22-74(117)118)84(127)103-65(6-2-4-28-91)82(125)104-67-33-47(76(92)119)7-9-49(67)40-94-63/h7-20,33-39,45-46,64-66,69,94-95,112-113H,1-6,21-32,40-44,90-91H2,(H2,92,119)(H2,93,120)(H,96,121)(H,97,122)(H,98,115)(H,99,116)(H,101,123)(H,102,124)(H,103,127)(H,104,125)(H,105,128)(H,106,126)(H,117,118)(H,129,130)(H,100,107,108,109)/t64-,65-,66-,69-/m0/s1. The van der Waals surface area contributed by atoms with E-state index in [-0.39, 0.29) is 204 Å². The molecule has 0 spiro atoms. The fraction of sp³-hybridized carbons (Fsp3) is 0.326. The molecule has 6 aliphatic rings. The summed E-state index contributed by atoms with van der Waals surface area (Å²) < 4.78 is 6.04. The molecule has 6 heterocycles. The maximum absolute atomic E-state index is 14.4. The number of fused-ring (bicyclic) bond motifs is 6. The average molecular weight is 1800 g/mol. The molecule has 1 aliphatic carbocycles. The van der Waals surface area contributed by atoms with Crippen LogP contribution in [-0.4, -0.2) is 201 Å². The molecular weight excluding hydrogens is 1700 g/mol. The number of aliphatic hydroxyl groups is 1. The fourth-order valence-corrected chi connectivity index (χ4v) is 15.7. The number of aliphatic hydroxyl groups excluding tert-OH is 1. The predicted octanol–water partition coefficient (Wildman–Crippen LogP) is 3.45. The van der Waals surface area contributed by atoms with Crippen molar-refractivity contribution in [3.05, 3.63) is 177 Å². The summed E-state index contributed by atoms with van der Waals surface area (Å²) in [5.41, 5.74) is 25.2. The van der Waals surface area contributed by atoms with Crippen LogP contribution in [-0.2, 0) is 56.2 Å². The van der Waals surface area contributed by atoms with Crippen molar-refractivity contribution in [2.45, 2.75) is 114 Å². The average Bonchev–Trinajstić information content (AvgIpc) is 0.744. The van der Waals surface area contributed by atoms with E-state index in [4.69, 9.17) is 42.3 Å². The summed E-state index contributed by atoms with van der Waals surface area (Å²) in [6.07, 6.45) is 1.87. The number of aromatic hydroxyl groups is 1. The molecule has 0 unspecified atom stereocenters. The van der Waals surface area contributed by atoms with Crippen LogP contribution in [0.15, 0.2) is 137 Å². The first-order valence-corrected chi connectivity index (χ1v) is 42.4. The number of anilines is 10. The zero-order valence-electron chi connectivity index (χ0n) is 70.7. The Bertz CT molecular complexity index is 5980. The number of carbonyl (C=O) groups excluding carboxylic acids is 12. The Morgan fingerprint density at radius 3 is 1.47 bits per heavy atom. The molecular formula is C89H98N22O20. The molecule has 4 atom stereocenters. The number of carbonyl (C=O) groups is 14. The van der Waals surface area contributed by atoms with Gasteiger partial charge >= 0.3 is 11.9 Å². The highest BCUT2D eigenvalue weighted by atomic mass is 16.4. The molecule has 7 aromatic rings. The first-order valence-electron chi connectivity index (χ1n) is 42.4. The van der Waals surface area contributed by atoms with Crippen molar-refractivity contribution in [3.8, 4) is 28.2 Å². The lowest BCUT2D eigenvalue weighted by molar-refractivity contribution is -0.137. The fourth-order valence-electron chi connectivity index (χ4n) is 15.7. The number of nitrogens with zero attached hydrogens (tertiary/aromatic N) is 5. The Balaban J connectivity index is 0.696. The van der Waals surface area contributed by atoms with Crippen molar-refractivity contribution in [1.29, 1.82) is 0 Å². The van der Waals surface area contributed by atoms with Gasteiger partial charge in [0.2, 0.25) is 76.9 Å². The summed E-state index contributed by atoms with van der Waals surface area (Å²) in [5.74, 6) is -12.3. The lowest BCUT2D eigenvalue weighted by Gasteiger charge is -2.34. The minimum absolute atomic E-state index is 0.0275. The monoisotopic (exact) mass is 1790 g/mol. The third-order valence-electron chi connectivity index (χ3n) is 22.8. The van der Waals surface area contributed by atoms with Gasteiger partial charge in [-0.1, -0.05) is 18.2 Å². The molecule has 0 bridgehead atoms. The Labute approximate surface area is 746 Å². The van der Waals surface area contributed by atoms with Crippen LogP contribution in [0, 0.1) is 11.8 Å². The van der Waals surface area contributed by atoms with Crippen LogP contribution in [0.2, 0.25) is 0 Å². The molecule has 0 radical (unpaired) electrons. The molecule has 6 aromatic carbocycles. The number of nitrogens with two attached hydrogens (primary N) is 4. The van der Waals surface area contributed by atoms with Crippen LogP contribution in [0.4, 0.5) is 57.7 Å². The number of phenolic OH excluding ortho intramolecular Hbond substituents is 1. The number of unbranched alkanes of at least 4 members (excludes halogenated alkanes) is 2. The predicted molar refractivity (Wildman–Crippen MR) is 480 cm³/mol. The van der Waals surface area contributed by atoms with E-state index in [1.54, 1.807) is 24.3 Å². The van der Waals surface area contributed by atoms with Crippen LogP contribution in [0.5, 0.6) is 5.75 Å². The van der Waals surface area contributed by atoms with E-state index >= 15 is 0 Å². The zero-order valence-corrected chi connectivity index (χ0v) is 70.7. The van der Waals surface area contributed by atoms with Crippen LogP contribution in [0.25, 0.3) is 33.4 Å². The van der Waals surface area contributed by atoms with Gasteiger partial charge in [-0.3, -0.25) is 67.1 Å². The highest BCUT2D eigenvalue weighted by molar-refractivity contribution is 6.10. The molecule has 42 nitrogen and oxygen atoms in total. The van der Waals surface area contributed by atoms with Gasteiger partial charge in [0, 0.05) is 137 Å². The van der Waals surface area contributed by atoms with Crippen molar-refractivity contribution in [3.63, 3.8) is 0 Å². The maximum Gasteiger partial charge on any atom is 0.336 e. The molecule has 2 fully saturated rings. The molecule has 13 rings (SSSR count). The number of piperidine rings is 2. The number of amides is 12. The van der Waals surface area contributed by atoms with Crippen LogP contribution in [0.3, 0.4) is 0 Å². The molecule has 42 heteroatoms. The normalized spacial score (nSPS) is 17.1. The van der Waals surface area contributed by atoms with Gasteiger partial charge < -0.3 is 127 Å². The SMILES string of the molecule is NCCCC[C@@H]1NC(=O)c2cc(NC(=O)CNC(=O)C3CCN(c4nc(Nc5ccc(-c6c7ccc(=O)cc-7oc7cc(O)ccc67)c(C(=O)O)c5)nc(N5CCC(C(=O)NCC(=O)Nc6ccc7c(c6)C(=O)N[C@@H](CCC(=O)O)C(=O)N[C@@H](CCCCN)C(=O)Nc6cc(C(N)=O)ccc6CN7)CC5)n4)CC3)ccc2NCc2ccc(C(N)=O)cc2NC(=O)[C@H](CO)NC1=O. The second-order valence-corrected chi connectivity index (χ2v) is 31.9. The van der Waals surface area contributed by atoms with E-state index in [1.807, 2.05) is 9.80 Å². The lowest BCUT2D eigenvalue weighted by atomic mass is 9.90. The van der Waals surface area contributed by atoms with Gasteiger partial charge in [-0.2, -0.15) is 15.0 Å². The highest BCUT2D eigenvalue weighted by Crippen LogP contribution is 2.43. The lowest BCUT2D eigenvalue weighted by Crippen LogP contribution is -2.54. The third-order valence-corrected chi connectivity index (χ3v) is 22.8. The number of primary amides is 2. The maximum atomic E-state index is 14.4.